The molecule has 5 rings (SSSR count). The number of nitrogens with zero attached hydrogens (tertiary/aromatic N) is 3. The summed E-state index contributed by atoms with van der Waals surface area (Å²) >= 11 is 9.70. The van der Waals surface area contributed by atoms with Crippen LogP contribution in [0.4, 0.5) is 0 Å². The van der Waals surface area contributed by atoms with Gasteiger partial charge in [0.25, 0.3) is 0 Å². The van der Waals surface area contributed by atoms with Crippen LogP contribution in [0.3, 0.4) is 0 Å². The molecule has 0 N–H and O–H groups in total. The van der Waals surface area contributed by atoms with Gasteiger partial charge in [0, 0.05) is 16.1 Å². The number of hydrogen-bond donors (Lipinski definition) is 0. The first-order chi connectivity index (χ1) is 15.5. The third-order valence-corrected chi connectivity index (χ3v) is 7.81. The minimum absolute atomic E-state index is 0.0631. The van der Waals surface area contributed by atoms with E-state index in [1.54, 1.807) is 59.1 Å². The van der Waals surface area contributed by atoms with E-state index in [1.165, 1.54) is 6.20 Å². The van der Waals surface area contributed by atoms with E-state index in [2.05, 4.69) is 20.9 Å². The molecule has 2 heterocycles. The van der Waals surface area contributed by atoms with Crippen LogP contribution in [0.2, 0.25) is 5.02 Å². The van der Waals surface area contributed by atoms with Crippen LogP contribution >= 0.6 is 27.5 Å². The Morgan fingerprint density at radius 2 is 1.44 bits per heavy atom. The monoisotopic (exact) mass is 523 g/mol. The van der Waals surface area contributed by atoms with Crippen LogP contribution in [-0.4, -0.2) is 23.0 Å². The number of halogens is 2. The van der Waals surface area contributed by atoms with Crippen LogP contribution in [0.1, 0.15) is 0 Å². The Morgan fingerprint density at radius 3 is 2.09 bits per heavy atom. The van der Waals surface area contributed by atoms with Gasteiger partial charge in [-0.3, -0.25) is 0 Å². The third kappa shape index (κ3) is 3.52. The summed E-state index contributed by atoms with van der Waals surface area (Å²) in [6, 6.07) is 24.9. The van der Waals surface area contributed by atoms with E-state index in [0.29, 0.717) is 32.1 Å². The summed E-state index contributed by atoms with van der Waals surface area (Å²) in [5, 5.41) is 5.31. The average molecular weight is 525 g/mol. The first kappa shape index (κ1) is 20.9. The molecule has 0 atom stereocenters. The van der Waals surface area contributed by atoms with Gasteiger partial charge in [-0.05, 0) is 40.2 Å². The Kier molecular flexibility index (Phi) is 5.33. The van der Waals surface area contributed by atoms with Gasteiger partial charge in [-0.1, -0.05) is 72.3 Å². The molecule has 0 bridgehead atoms. The number of hydrogen-bond acceptors (Lipinski definition) is 4. The van der Waals surface area contributed by atoms with Crippen LogP contribution in [-0.2, 0) is 9.84 Å². The predicted molar refractivity (Wildman–Crippen MR) is 128 cm³/mol. The van der Waals surface area contributed by atoms with E-state index in [0.717, 1.165) is 5.56 Å². The lowest BCUT2D eigenvalue weighted by Gasteiger charge is -2.12. The zero-order valence-electron chi connectivity index (χ0n) is 16.5. The highest BCUT2D eigenvalue weighted by molar-refractivity contribution is 9.10. The predicted octanol–water partition coefficient (Wildman–Crippen LogP) is 6.31. The molecule has 32 heavy (non-hydrogen) atoms. The van der Waals surface area contributed by atoms with Gasteiger partial charge >= 0.3 is 0 Å². The van der Waals surface area contributed by atoms with E-state index in [4.69, 9.17) is 16.7 Å². The summed E-state index contributed by atoms with van der Waals surface area (Å²) < 4.78 is 29.4. The van der Waals surface area contributed by atoms with E-state index in [9.17, 15) is 8.42 Å². The Balaban J connectivity index is 1.86. The van der Waals surface area contributed by atoms with Crippen molar-refractivity contribution in [2.24, 2.45) is 0 Å². The lowest BCUT2D eigenvalue weighted by molar-refractivity contribution is 0.595. The Hall–Kier alpha value is -3.00. The smallest absolute Gasteiger partial charge is 0.210 e. The maximum atomic E-state index is 13.6. The molecule has 0 aliphatic heterocycles. The van der Waals surface area contributed by atoms with E-state index >= 15 is 0 Å². The average Bonchev–Trinajstić information content (AvgIpc) is 3.17. The van der Waals surface area contributed by atoms with Gasteiger partial charge in [0.05, 0.1) is 21.3 Å². The minimum Gasteiger partial charge on any atom is -0.235 e. The molecule has 0 saturated heterocycles. The van der Waals surface area contributed by atoms with Crippen molar-refractivity contribution in [1.82, 2.24) is 14.6 Å². The molecule has 0 amide bonds. The minimum atomic E-state index is -3.86. The summed E-state index contributed by atoms with van der Waals surface area (Å²) in [6.07, 6.45) is 1.39. The molecule has 0 radical (unpaired) electrons. The van der Waals surface area contributed by atoms with Crippen molar-refractivity contribution < 1.29 is 8.42 Å². The molecule has 0 saturated carbocycles. The van der Waals surface area contributed by atoms with Crippen LogP contribution in [0.15, 0.2) is 105 Å². The van der Waals surface area contributed by atoms with E-state index in [-0.39, 0.29) is 9.79 Å². The first-order valence-electron chi connectivity index (χ1n) is 9.65. The lowest BCUT2D eigenvalue weighted by atomic mass is 10.1. The number of benzene rings is 3. The number of aromatic nitrogens is 3. The van der Waals surface area contributed by atoms with Gasteiger partial charge in [0.15, 0.2) is 5.65 Å². The van der Waals surface area contributed by atoms with Gasteiger partial charge in [-0.2, -0.15) is 5.10 Å². The largest absolute Gasteiger partial charge is 0.235 e. The van der Waals surface area contributed by atoms with Crippen LogP contribution in [0.25, 0.3) is 28.2 Å². The topological polar surface area (TPSA) is 64.3 Å². The Morgan fingerprint density at radius 1 is 0.812 bits per heavy atom. The van der Waals surface area contributed by atoms with Gasteiger partial charge in [-0.15, -0.1) is 0 Å². The highest BCUT2D eigenvalue weighted by Crippen LogP contribution is 2.36. The second kappa shape index (κ2) is 8.16. The molecule has 158 valence electrons. The SMILES string of the molecule is O=S(=O)(c1ccccc1)c1cnc2c(Br)c(-c3ccccc3)nn2c1-c1ccc(Cl)cc1. The van der Waals surface area contributed by atoms with Gasteiger partial charge < -0.3 is 0 Å². The summed E-state index contributed by atoms with van der Waals surface area (Å²) in [5.74, 6) is 0. The standard InChI is InChI=1S/C24H15BrClN3O2S/c25-21-22(16-7-3-1-4-8-16)28-29-23(17-11-13-18(26)14-12-17)20(15-27-24(21)29)32(30,31)19-9-5-2-6-10-19/h1-15H. The zero-order chi connectivity index (χ0) is 22.3. The van der Waals surface area contributed by atoms with Gasteiger partial charge in [0.1, 0.15) is 10.6 Å². The third-order valence-electron chi connectivity index (χ3n) is 5.06. The van der Waals surface area contributed by atoms with E-state index < -0.39 is 9.84 Å². The van der Waals surface area contributed by atoms with Crippen molar-refractivity contribution in [3.63, 3.8) is 0 Å². The molecular formula is C24H15BrClN3O2S. The maximum absolute atomic E-state index is 13.6. The van der Waals surface area contributed by atoms with Crippen LogP contribution in [0.5, 0.6) is 0 Å². The molecular weight excluding hydrogens is 510 g/mol. The normalized spacial score (nSPS) is 11.7. The quantitative estimate of drug-likeness (QED) is 0.276. The van der Waals surface area contributed by atoms with Crippen molar-refractivity contribution >= 4 is 43.0 Å². The van der Waals surface area contributed by atoms with Crippen molar-refractivity contribution in [1.29, 1.82) is 0 Å². The maximum Gasteiger partial charge on any atom is 0.210 e. The molecule has 0 aliphatic rings. The fourth-order valence-electron chi connectivity index (χ4n) is 3.52. The number of fused-ring (bicyclic) bond motifs is 1. The van der Waals surface area contributed by atoms with Gasteiger partial charge in [0.2, 0.25) is 9.84 Å². The molecule has 5 nitrogen and oxygen atoms in total. The second-order valence-corrected chi connectivity index (χ2v) is 10.2. The summed E-state index contributed by atoms with van der Waals surface area (Å²) in [5.41, 5.74) is 3.15. The fraction of sp³-hybridized carbons (Fsp3) is 0. The Bertz CT molecular complexity index is 1540. The van der Waals surface area contributed by atoms with Gasteiger partial charge in [-0.25, -0.2) is 17.9 Å². The summed E-state index contributed by atoms with van der Waals surface area (Å²) in [6.45, 7) is 0. The molecule has 0 unspecified atom stereocenters. The number of sulfone groups is 1. The van der Waals surface area contributed by atoms with E-state index in [1.807, 2.05) is 30.3 Å². The highest BCUT2D eigenvalue weighted by atomic mass is 79.9. The molecule has 3 aromatic carbocycles. The fourth-order valence-corrected chi connectivity index (χ4v) is 5.64. The van der Waals surface area contributed by atoms with Crippen LogP contribution in [0, 0.1) is 0 Å². The molecule has 5 aromatic rings. The van der Waals surface area contributed by atoms with Crippen molar-refractivity contribution in [2.75, 3.05) is 0 Å². The molecule has 0 aliphatic carbocycles. The molecule has 0 fully saturated rings. The summed E-state index contributed by atoms with van der Waals surface area (Å²) in [4.78, 5) is 4.72. The summed E-state index contributed by atoms with van der Waals surface area (Å²) in [7, 11) is -3.86. The molecule has 8 heteroatoms. The zero-order valence-corrected chi connectivity index (χ0v) is 19.6. The molecule has 0 spiro atoms. The highest BCUT2D eigenvalue weighted by Gasteiger charge is 2.27. The van der Waals surface area contributed by atoms with Crippen molar-refractivity contribution in [3.8, 4) is 22.5 Å². The lowest BCUT2D eigenvalue weighted by Crippen LogP contribution is -2.09. The van der Waals surface area contributed by atoms with Crippen LogP contribution < -0.4 is 0 Å². The number of rotatable bonds is 4. The molecule has 2 aromatic heterocycles. The Labute approximate surface area is 198 Å². The second-order valence-electron chi connectivity index (χ2n) is 7.06. The van der Waals surface area contributed by atoms with Crippen molar-refractivity contribution in [2.45, 2.75) is 9.79 Å². The first-order valence-corrected chi connectivity index (χ1v) is 12.3. The van der Waals surface area contributed by atoms with Crippen molar-refractivity contribution in [3.05, 3.63) is 101 Å².